The maximum atomic E-state index is 13.8. The van der Waals surface area contributed by atoms with Gasteiger partial charge in [0, 0.05) is 47.7 Å². The summed E-state index contributed by atoms with van der Waals surface area (Å²) in [4.78, 5) is 38.9. The number of hydrogen-bond donors (Lipinski definition) is 1. The molecule has 0 bridgehead atoms. The first-order chi connectivity index (χ1) is 23.1. The Morgan fingerprint density at radius 3 is 2.27 bits per heavy atom. The summed E-state index contributed by atoms with van der Waals surface area (Å²) in [5.41, 5.74) is 5.76. The summed E-state index contributed by atoms with van der Waals surface area (Å²) in [6, 6.07) is 21.0. The van der Waals surface area contributed by atoms with Crippen molar-refractivity contribution in [3.63, 3.8) is 0 Å². The van der Waals surface area contributed by atoms with E-state index in [1.807, 2.05) is 30.3 Å². The molecule has 248 valence electrons. The van der Waals surface area contributed by atoms with Crippen LogP contribution in [-0.4, -0.2) is 64.9 Å². The SMILES string of the molecule is COc1ccc(-c2nc(C(=O)N3CCN(C(=O)C(Oc4ccc(Cl)cc4)c4ccccc4)CC3)c(CN)o2)c2ccc(C(F)(F)F)nc12. The number of methoxy groups -OCH3 is 1. The Hall–Kier alpha value is -5.14. The number of benzene rings is 3. The minimum Gasteiger partial charge on any atom is -0.494 e. The zero-order chi connectivity index (χ0) is 34.0. The zero-order valence-corrected chi connectivity index (χ0v) is 26.3. The van der Waals surface area contributed by atoms with E-state index in [2.05, 4.69) is 9.97 Å². The lowest BCUT2D eigenvalue weighted by Gasteiger charge is -2.36. The maximum Gasteiger partial charge on any atom is 0.433 e. The van der Waals surface area contributed by atoms with Gasteiger partial charge in [0.25, 0.3) is 11.8 Å². The fraction of sp³-hybridized carbons (Fsp3) is 0.235. The molecule has 0 radical (unpaired) electrons. The molecule has 2 N–H and O–H groups in total. The predicted octanol–water partition coefficient (Wildman–Crippen LogP) is 6.13. The van der Waals surface area contributed by atoms with E-state index in [-0.39, 0.29) is 72.6 Å². The number of carbonyl (C=O) groups excluding carboxylic acids is 2. The van der Waals surface area contributed by atoms with E-state index in [0.29, 0.717) is 21.9 Å². The second-order valence-electron chi connectivity index (χ2n) is 10.9. The number of ether oxygens (including phenoxy) is 2. The van der Waals surface area contributed by atoms with Crippen LogP contribution in [0.5, 0.6) is 11.5 Å². The Morgan fingerprint density at radius 1 is 0.938 bits per heavy atom. The highest BCUT2D eigenvalue weighted by atomic mass is 35.5. The highest BCUT2D eigenvalue weighted by Gasteiger charge is 2.35. The maximum absolute atomic E-state index is 13.8. The molecule has 0 saturated carbocycles. The lowest BCUT2D eigenvalue weighted by molar-refractivity contribution is -0.141. The number of halogens is 4. The summed E-state index contributed by atoms with van der Waals surface area (Å²) >= 11 is 6.02. The second kappa shape index (κ2) is 13.5. The minimum absolute atomic E-state index is 0.00752. The van der Waals surface area contributed by atoms with Crippen molar-refractivity contribution >= 4 is 34.3 Å². The molecule has 1 atom stereocenters. The summed E-state index contributed by atoms with van der Waals surface area (Å²) in [7, 11) is 1.33. The van der Waals surface area contributed by atoms with Gasteiger partial charge in [0.15, 0.2) is 11.5 Å². The summed E-state index contributed by atoms with van der Waals surface area (Å²) < 4.78 is 57.5. The molecule has 3 aromatic carbocycles. The first-order valence-electron chi connectivity index (χ1n) is 14.9. The predicted molar refractivity (Wildman–Crippen MR) is 170 cm³/mol. The Bertz CT molecular complexity index is 1950. The smallest absolute Gasteiger partial charge is 0.433 e. The molecule has 14 heteroatoms. The van der Waals surface area contributed by atoms with Crippen molar-refractivity contribution in [1.82, 2.24) is 19.8 Å². The van der Waals surface area contributed by atoms with E-state index >= 15 is 0 Å². The second-order valence-corrected chi connectivity index (χ2v) is 11.3. The van der Waals surface area contributed by atoms with Gasteiger partial charge in [-0.3, -0.25) is 9.59 Å². The van der Waals surface area contributed by atoms with Gasteiger partial charge in [-0.2, -0.15) is 13.2 Å². The van der Waals surface area contributed by atoms with Crippen LogP contribution in [0.3, 0.4) is 0 Å². The van der Waals surface area contributed by atoms with Crippen molar-refractivity contribution in [3.05, 3.63) is 107 Å². The van der Waals surface area contributed by atoms with E-state index in [1.165, 1.54) is 19.2 Å². The van der Waals surface area contributed by atoms with E-state index < -0.39 is 23.9 Å². The third-order valence-corrected chi connectivity index (χ3v) is 8.17. The molecule has 5 aromatic rings. The molecular formula is C34H29ClF3N5O5. The van der Waals surface area contributed by atoms with Gasteiger partial charge in [0.05, 0.1) is 13.7 Å². The summed E-state index contributed by atoms with van der Waals surface area (Å²) in [5.74, 6) is -0.00656. The number of nitrogens with two attached hydrogens (primary N) is 1. The van der Waals surface area contributed by atoms with Crippen LogP contribution in [0.25, 0.3) is 22.4 Å². The number of oxazole rings is 1. The molecule has 0 spiro atoms. The van der Waals surface area contributed by atoms with Gasteiger partial charge in [-0.1, -0.05) is 41.9 Å². The highest BCUT2D eigenvalue weighted by Crippen LogP contribution is 2.37. The first kappa shape index (κ1) is 32.8. The Balaban J connectivity index is 1.21. The van der Waals surface area contributed by atoms with Gasteiger partial charge in [-0.15, -0.1) is 0 Å². The van der Waals surface area contributed by atoms with Gasteiger partial charge in [-0.25, -0.2) is 9.97 Å². The molecule has 3 heterocycles. The Labute approximate surface area is 277 Å². The molecular weight excluding hydrogens is 651 g/mol. The molecule has 1 unspecified atom stereocenters. The monoisotopic (exact) mass is 679 g/mol. The van der Waals surface area contributed by atoms with Gasteiger partial charge >= 0.3 is 6.18 Å². The molecule has 1 saturated heterocycles. The lowest BCUT2D eigenvalue weighted by Crippen LogP contribution is -2.52. The van der Waals surface area contributed by atoms with Crippen LogP contribution in [-0.2, 0) is 17.5 Å². The fourth-order valence-corrected chi connectivity index (χ4v) is 5.58. The number of hydrogen-bond acceptors (Lipinski definition) is 8. The number of pyridine rings is 1. The van der Waals surface area contributed by atoms with Crippen molar-refractivity contribution in [2.24, 2.45) is 5.73 Å². The molecule has 48 heavy (non-hydrogen) atoms. The molecule has 6 rings (SSSR count). The minimum atomic E-state index is -4.66. The van der Waals surface area contributed by atoms with Crippen LogP contribution in [0.1, 0.15) is 33.6 Å². The number of alkyl halides is 3. The molecule has 10 nitrogen and oxygen atoms in total. The lowest BCUT2D eigenvalue weighted by atomic mass is 10.1. The Morgan fingerprint density at radius 2 is 1.62 bits per heavy atom. The van der Waals surface area contributed by atoms with Gasteiger partial charge in [0.1, 0.15) is 22.7 Å². The van der Waals surface area contributed by atoms with Crippen molar-refractivity contribution < 1.29 is 36.7 Å². The number of rotatable bonds is 8. The molecule has 2 aromatic heterocycles. The quantitative estimate of drug-likeness (QED) is 0.208. The zero-order valence-electron chi connectivity index (χ0n) is 25.5. The average Bonchev–Trinajstić information content (AvgIpc) is 3.54. The van der Waals surface area contributed by atoms with Crippen LogP contribution in [0.15, 0.2) is 83.3 Å². The molecule has 1 fully saturated rings. The topological polar surface area (TPSA) is 124 Å². The van der Waals surface area contributed by atoms with Gasteiger partial charge in [-0.05, 0) is 48.5 Å². The fourth-order valence-electron chi connectivity index (χ4n) is 5.46. The largest absolute Gasteiger partial charge is 0.494 e. The standard InChI is InChI=1S/C34H29ClF3N5O5/c1-46-25-13-11-24(23-12-14-27(34(36,37)38)40-28(23)25)31-41-29(26(19-39)48-31)32(44)42-15-17-43(18-16-42)33(45)30(20-5-3-2-4-6-20)47-22-9-7-21(35)8-10-22/h2-14,30H,15-19,39H2,1H3. The number of piperazine rings is 1. The van der Waals surface area contributed by atoms with Crippen molar-refractivity contribution in [2.75, 3.05) is 33.3 Å². The van der Waals surface area contributed by atoms with Crippen molar-refractivity contribution in [2.45, 2.75) is 18.8 Å². The van der Waals surface area contributed by atoms with E-state index in [4.69, 9.17) is 31.2 Å². The van der Waals surface area contributed by atoms with Crippen LogP contribution in [0.4, 0.5) is 13.2 Å². The van der Waals surface area contributed by atoms with Crippen LogP contribution >= 0.6 is 11.6 Å². The van der Waals surface area contributed by atoms with Crippen molar-refractivity contribution in [1.29, 1.82) is 0 Å². The van der Waals surface area contributed by atoms with Crippen molar-refractivity contribution in [3.8, 4) is 23.0 Å². The normalized spacial score (nSPS) is 14.2. The summed E-state index contributed by atoms with van der Waals surface area (Å²) in [5, 5.41) is 0.823. The summed E-state index contributed by atoms with van der Waals surface area (Å²) in [6.07, 6.45) is -5.58. The number of nitrogens with zero attached hydrogens (tertiary/aromatic N) is 4. The van der Waals surface area contributed by atoms with Gasteiger partial charge in [0.2, 0.25) is 12.0 Å². The molecule has 0 aliphatic carbocycles. The summed E-state index contributed by atoms with van der Waals surface area (Å²) in [6.45, 7) is 0.718. The number of amides is 2. The first-order valence-corrected chi connectivity index (χ1v) is 15.3. The third-order valence-electron chi connectivity index (χ3n) is 7.92. The average molecular weight is 680 g/mol. The van der Waals surface area contributed by atoms with Gasteiger partial charge < -0.3 is 29.4 Å². The molecule has 1 aliphatic heterocycles. The molecule has 2 amide bonds. The number of carbonyl (C=O) groups is 2. The van der Waals surface area contributed by atoms with E-state index in [9.17, 15) is 22.8 Å². The highest BCUT2D eigenvalue weighted by molar-refractivity contribution is 6.30. The van der Waals surface area contributed by atoms with Crippen LogP contribution in [0, 0.1) is 0 Å². The number of aromatic nitrogens is 2. The molecule has 1 aliphatic rings. The Kier molecular flexibility index (Phi) is 9.24. The van der Waals surface area contributed by atoms with Crippen LogP contribution in [0.2, 0.25) is 5.02 Å². The van der Waals surface area contributed by atoms with E-state index in [0.717, 1.165) is 6.07 Å². The number of fused-ring (bicyclic) bond motifs is 1. The van der Waals surface area contributed by atoms with E-state index in [1.54, 1.807) is 40.1 Å². The van der Waals surface area contributed by atoms with Crippen LogP contribution < -0.4 is 15.2 Å². The third kappa shape index (κ3) is 6.64.